The second-order valence-corrected chi connectivity index (χ2v) is 5.35. The SMILES string of the molecule is CC(CNC(C)(C)C)CN(C)CC(F)F. The van der Waals surface area contributed by atoms with Gasteiger partial charge in [-0.1, -0.05) is 6.92 Å². The predicted molar refractivity (Wildman–Crippen MR) is 60.4 cm³/mol. The molecular weight excluding hydrogens is 198 g/mol. The first-order valence-electron chi connectivity index (χ1n) is 5.42. The van der Waals surface area contributed by atoms with Crippen LogP contribution in [0, 0.1) is 5.92 Å². The first-order valence-corrected chi connectivity index (χ1v) is 5.42. The highest BCUT2D eigenvalue weighted by atomic mass is 19.3. The lowest BCUT2D eigenvalue weighted by Crippen LogP contribution is -2.41. The van der Waals surface area contributed by atoms with Gasteiger partial charge < -0.3 is 10.2 Å². The Hall–Kier alpha value is -0.220. The molecule has 0 aliphatic rings. The Labute approximate surface area is 92.0 Å². The molecule has 0 aliphatic carbocycles. The van der Waals surface area contributed by atoms with Crippen LogP contribution < -0.4 is 5.32 Å². The Bertz CT molecular complexity index is 166. The van der Waals surface area contributed by atoms with Crippen LogP contribution in [0.3, 0.4) is 0 Å². The van der Waals surface area contributed by atoms with Gasteiger partial charge in [-0.25, -0.2) is 8.78 Å². The Morgan fingerprint density at radius 2 is 1.73 bits per heavy atom. The highest BCUT2D eigenvalue weighted by Gasteiger charge is 2.14. The molecule has 0 radical (unpaired) electrons. The molecule has 0 aliphatic heterocycles. The van der Waals surface area contributed by atoms with Crippen molar-refractivity contribution in [2.45, 2.75) is 39.7 Å². The van der Waals surface area contributed by atoms with Crippen LogP contribution in [0.15, 0.2) is 0 Å². The van der Waals surface area contributed by atoms with E-state index < -0.39 is 6.43 Å². The lowest BCUT2D eigenvalue weighted by molar-refractivity contribution is 0.0937. The van der Waals surface area contributed by atoms with Crippen molar-refractivity contribution in [2.24, 2.45) is 5.92 Å². The lowest BCUT2D eigenvalue weighted by atomic mass is 10.1. The van der Waals surface area contributed by atoms with Crippen LogP contribution in [0.4, 0.5) is 8.78 Å². The van der Waals surface area contributed by atoms with Crippen molar-refractivity contribution in [3.63, 3.8) is 0 Å². The summed E-state index contributed by atoms with van der Waals surface area (Å²) in [5.41, 5.74) is 0.0928. The van der Waals surface area contributed by atoms with Gasteiger partial charge >= 0.3 is 0 Å². The molecule has 0 spiro atoms. The van der Waals surface area contributed by atoms with Gasteiger partial charge in [-0.15, -0.1) is 0 Å². The van der Waals surface area contributed by atoms with E-state index in [1.165, 1.54) is 0 Å². The Morgan fingerprint density at radius 1 is 1.20 bits per heavy atom. The average molecular weight is 222 g/mol. The van der Waals surface area contributed by atoms with E-state index in [1.54, 1.807) is 11.9 Å². The number of alkyl halides is 2. The van der Waals surface area contributed by atoms with E-state index in [2.05, 4.69) is 33.0 Å². The number of nitrogens with zero attached hydrogens (tertiary/aromatic N) is 1. The third-order valence-corrected chi connectivity index (χ3v) is 2.05. The largest absolute Gasteiger partial charge is 0.312 e. The van der Waals surface area contributed by atoms with Gasteiger partial charge in [0.25, 0.3) is 6.43 Å². The number of nitrogens with one attached hydrogen (secondary N) is 1. The maximum Gasteiger partial charge on any atom is 0.251 e. The molecular formula is C11H24F2N2. The Kier molecular flexibility index (Phi) is 6.29. The van der Waals surface area contributed by atoms with Crippen LogP contribution in [0.1, 0.15) is 27.7 Å². The third kappa shape index (κ3) is 10.1. The number of rotatable bonds is 6. The first kappa shape index (κ1) is 14.8. The van der Waals surface area contributed by atoms with Crippen molar-refractivity contribution in [1.82, 2.24) is 10.2 Å². The summed E-state index contributed by atoms with van der Waals surface area (Å²) in [6, 6.07) is 0. The predicted octanol–water partition coefficient (Wildman–Crippen LogP) is 2.21. The first-order chi connectivity index (χ1) is 6.70. The number of hydrogen-bond acceptors (Lipinski definition) is 2. The molecule has 1 atom stereocenters. The molecule has 4 heteroatoms. The fourth-order valence-electron chi connectivity index (χ4n) is 1.39. The number of halogens is 2. The third-order valence-electron chi connectivity index (χ3n) is 2.05. The van der Waals surface area contributed by atoms with E-state index in [-0.39, 0.29) is 12.1 Å². The van der Waals surface area contributed by atoms with Gasteiger partial charge in [-0.2, -0.15) is 0 Å². The second-order valence-electron chi connectivity index (χ2n) is 5.35. The highest BCUT2D eigenvalue weighted by Crippen LogP contribution is 2.04. The quantitative estimate of drug-likeness (QED) is 0.741. The molecule has 92 valence electrons. The molecule has 0 aromatic rings. The lowest BCUT2D eigenvalue weighted by Gasteiger charge is -2.26. The molecule has 0 saturated heterocycles. The minimum absolute atomic E-state index is 0.0928. The molecule has 0 aromatic heterocycles. The van der Waals surface area contributed by atoms with Gasteiger partial charge in [0.05, 0.1) is 6.54 Å². The fraction of sp³-hybridized carbons (Fsp3) is 1.00. The van der Waals surface area contributed by atoms with Crippen molar-refractivity contribution in [1.29, 1.82) is 0 Å². The van der Waals surface area contributed by atoms with Gasteiger partial charge in [0.2, 0.25) is 0 Å². The van der Waals surface area contributed by atoms with Crippen LogP contribution in [0.5, 0.6) is 0 Å². The van der Waals surface area contributed by atoms with E-state index in [4.69, 9.17) is 0 Å². The summed E-state index contributed by atoms with van der Waals surface area (Å²) in [5, 5.41) is 3.37. The molecule has 1 N–H and O–H groups in total. The summed E-state index contributed by atoms with van der Waals surface area (Å²) in [7, 11) is 1.74. The summed E-state index contributed by atoms with van der Waals surface area (Å²) in [6.45, 7) is 9.79. The smallest absolute Gasteiger partial charge is 0.251 e. The molecule has 0 amide bonds. The highest BCUT2D eigenvalue weighted by molar-refractivity contribution is 4.72. The number of hydrogen-bond donors (Lipinski definition) is 1. The molecule has 0 bridgehead atoms. The minimum Gasteiger partial charge on any atom is -0.312 e. The van der Waals surface area contributed by atoms with E-state index in [0.29, 0.717) is 12.5 Å². The van der Waals surface area contributed by atoms with Crippen molar-refractivity contribution in [3.05, 3.63) is 0 Å². The van der Waals surface area contributed by atoms with Crippen molar-refractivity contribution < 1.29 is 8.78 Å². The molecule has 15 heavy (non-hydrogen) atoms. The van der Waals surface area contributed by atoms with Crippen LogP contribution >= 0.6 is 0 Å². The molecule has 0 fully saturated rings. The van der Waals surface area contributed by atoms with Crippen LogP contribution in [-0.4, -0.2) is 43.5 Å². The maximum absolute atomic E-state index is 12.1. The molecule has 0 aromatic carbocycles. The Balaban J connectivity index is 3.69. The van der Waals surface area contributed by atoms with E-state index in [9.17, 15) is 8.78 Å². The van der Waals surface area contributed by atoms with E-state index in [1.807, 2.05) is 0 Å². The van der Waals surface area contributed by atoms with Gasteiger partial charge in [0, 0.05) is 12.1 Å². The average Bonchev–Trinajstić information content (AvgIpc) is 1.97. The molecule has 0 saturated carbocycles. The van der Waals surface area contributed by atoms with Gasteiger partial charge in [0.15, 0.2) is 0 Å². The van der Waals surface area contributed by atoms with Crippen molar-refractivity contribution in [2.75, 3.05) is 26.7 Å². The molecule has 2 nitrogen and oxygen atoms in total. The normalized spacial score (nSPS) is 15.0. The summed E-state index contributed by atoms with van der Waals surface area (Å²) >= 11 is 0. The topological polar surface area (TPSA) is 15.3 Å². The zero-order valence-corrected chi connectivity index (χ0v) is 10.5. The summed E-state index contributed by atoms with van der Waals surface area (Å²) in [4.78, 5) is 1.68. The van der Waals surface area contributed by atoms with Crippen LogP contribution in [0.2, 0.25) is 0 Å². The second kappa shape index (κ2) is 6.38. The summed E-state index contributed by atoms with van der Waals surface area (Å²) in [6.07, 6.45) is -2.24. The molecule has 0 rings (SSSR count). The van der Waals surface area contributed by atoms with Gasteiger partial charge in [-0.3, -0.25) is 0 Å². The standard InChI is InChI=1S/C11H24F2N2/c1-9(6-14-11(2,3)4)7-15(5)8-10(12)13/h9-10,14H,6-8H2,1-5H3. The minimum atomic E-state index is -2.24. The van der Waals surface area contributed by atoms with Crippen molar-refractivity contribution >= 4 is 0 Å². The van der Waals surface area contributed by atoms with E-state index in [0.717, 1.165) is 6.54 Å². The van der Waals surface area contributed by atoms with Gasteiger partial charge in [-0.05, 0) is 40.3 Å². The summed E-state index contributed by atoms with van der Waals surface area (Å²) in [5.74, 6) is 0.382. The summed E-state index contributed by atoms with van der Waals surface area (Å²) < 4.78 is 24.1. The molecule has 0 heterocycles. The maximum atomic E-state index is 12.1. The fourth-order valence-corrected chi connectivity index (χ4v) is 1.39. The van der Waals surface area contributed by atoms with Crippen LogP contribution in [0.25, 0.3) is 0 Å². The zero-order chi connectivity index (χ0) is 12.1. The van der Waals surface area contributed by atoms with Crippen molar-refractivity contribution in [3.8, 4) is 0 Å². The molecule has 1 unspecified atom stereocenters. The monoisotopic (exact) mass is 222 g/mol. The van der Waals surface area contributed by atoms with E-state index >= 15 is 0 Å². The Morgan fingerprint density at radius 3 is 2.13 bits per heavy atom. The van der Waals surface area contributed by atoms with Crippen LogP contribution in [-0.2, 0) is 0 Å². The van der Waals surface area contributed by atoms with Gasteiger partial charge in [0.1, 0.15) is 0 Å². The zero-order valence-electron chi connectivity index (χ0n) is 10.5.